The average molecular weight is 150 g/mol. The van der Waals surface area contributed by atoms with E-state index in [2.05, 4.69) is 35.5 Å². The van der Waals surface area contributed by atoms with Crippen molar-refractivity contribution in [1.82, 2.24) is 10.6 Å². The van der Waals surface area contributed by atoms with Gasteiger partial charge in [0.25, 0.3) is 0 Å². The third kappa shape index (κ3) is 6.20. The SMILES string of the molecule is CNCCNC(=S)S. The second kappa shape index (κ2) is 5.34. The van der Waals surface area contributed by atoms with Crippen LogP contribution < -0.4 is 10.6 Å². The summed E-state index contributed by atoms with van der Waals surface area (Å²) in [6.07, 6.45) is 0. The molecule has 0 spiro atoms. The van der Waals surface area contributed by atoms with Crippen LogP contribution in [0.5, 0.6) is 0 Å². The Morgan fingerprint density at radius 1 is 1.62 bits per heavy atom. The van der Waals surface area contributed by atoms with Crippen LogP contribution in [0.25, 0.3) is 0 Å². The van der Waals surface area contributed by atoms with Crippen LogP contribution >= 0.6 is 24.8 Å². The van der Waals surface area contributed by atoms with Crippen molar-refractivity contribution in [3.8, 4) is 0 Å². The van der Waals surface area contributed by atoms with Crippen LogP contribution in [-0.2, 0) is 0 Å². The van der Waals surface area contributed by atoms with Gasteiger partial charge in [-0.2, -0.15) is 0 Å². The van der Waals surface area contributed by atoms with E-state index in [4.69, 9.17) is 0 Å². The molecule has 48 valence electrons. The van der Waals surface area contributed by atoms with Gasteiger partial charge in [0, 0.05) is 13.1 Å². The van der Waals surface area contributed by atoms with Crippen molar-refractivity contribution < 1.29 is 0 Å². The molecule has 0 bridgehead atoms. The van der Waals surface area contributed by atoms with Gasteiger partial charge >= 0.3 is 0 Å². The molecule has 0 atom stereocenters. The number of nitrogens with one attached hydrogen (secondary N) is 2. The summed E-state index contributed by atoms with van der Waals surface area (Å²) in [5, 5.41) is 5.85. The van der Waals surface area contributed by atoms with E-state index in [-0.39, 0.29) is 0 Å². The van der Waals surface area contributed by atoms with Crippen molar-refractivity contribution in [2.75, 3.05) is 20.1 Å². The fraction of sp³-hybridized carbons (Fsp3) is 0.750. The van der Waals surface area contributed by atoms with Crippen molar-refractivity contribution in [2.45, 2.75) is 0 Å². The van der Waals surface area contributed by atoms with E-state index < -0.39 is 0 Å². The Hall–Kier alpha value is 0.200. The highest BCUT2D eigenvalue weighted by atomic mass is 32.1. The quantitative estimate of drug-likeness (QED) is 0.300. The van der Waals surface area contributed by atoms with Gasteiger partial charge in [0.2, 0.25) is 0 Å². The van der Waals surface area contributed by atoms with Gasteiger partial charge in [0.05, 0.1) is 0 Å². The van der Waals surface area contributed by atoms with Gasteiger partial charge in [-0.05, 0) is 7.05 Å². The zero-order chi connectivity index (χ0) is 6.41. The Morgan fingerprint density at radius 2 is 2.25 bits per heavy atom. The molecule has 0 unspecified atom stereocenters. The third-order valence-corrected chi connectivity index (χ3v) is 0.954. The standard InChI is InChI=1S/C4H10N2S2/c1-5-2-3-6-4(7)8/h5H,2-3H2,1H3,(H2,6,7,8). The van der Waals surface area contributed by atoms with Crippen molar-refractivity contribution in [3.05, 3.63) is 0 Å². The fourth-order valence-corrected chi connectivity index (χ4v) is 0.508. The van der Waals surface area contributed by atoms with Crippen LogP contribution in [0.15, 0.2) is 0 Å². The smallest absolute Gasteiger partial charge is 0.130 e. The summed E-state index contributed by atoms with van der Waals surface area (Å²) in [7, 11) is 1.89. The molecule has 0 aliphatic heterocycles. The normalized spacial score (nSPS) is 8.75. The van der Waals surface area contributed by atoms with Crippen LogP contribution in [0.4, 0.5) is 0 Å². The first-order valence-corrected chi connectivity index (χ1v) is 3.24. The predicted octanol–water partition coefficient (Wildman–Crippen LogP) is 0.0101. The lowest BCUT2D eigenvalue weighted by molar-refractivity contribution is 0.764. The largest absolute Gasteiger partial charge is 0.370 e. The molecule has 0 radical (unpaired) electrons. The van der Waals surface area contributed by atoms with Gasteiger partial charge in [-0.1, -0.05) is 12.2 Å². The van der Waals surface area contributed by atoms with E-state index in [1.54, 1.807) is 0 Å². The van der Waals surface area contributed by atoms with Crippen LogP contribution in [0.2, 0.25) is 0 Å². The Labute approximate surface area is 60.4 Å². The van der Waals surface area contributed by atoms with E-state index in [0.717, 1.165) is 13.1 Å². The molecule has 0 aromatic carbocycles. The Bertz CT molecular complexity index is 74.4. The van der Waals surface area contributed by atoms with Gasteiger partial charge < -0.3 is 10.6 Å². The summed E-state index contributed by atoms with van der Waals surface area (Å²) >= 11 is 8.50. The molecule has 4 heteroatoms. The molecule has 2 nitrogen and oxygen atoms in total. The van der Waals surface area contributed by atoms with Crippen LogP contribution in [0.3, 0.4) is 0 Å². The Balaban J connectivity index is 2.82. The molecular formula is C4H10N2S2. The van der Waals surface area contributed by atoms with E-state index in [0.29, 0.717) is 4.32 Å². The highest BCUT2D eigenvalue weighted by Gasteiger charge is 1.82. The maximum atomic E-state index is 4.63. The average Bonchev–Trinajstić information content (AvgIpc) is 1.66. The molecule has 0 heterocycles. The summed E-state index contributed by atoms with van der Waals surface area (Å²) in [6, 6.07) is 0. The summed E-state index contributed by atoms with van der Waals surface area (Å²) in [5.74, 6) is 0. The van der Waals surface area contributed by atoms with Gasteiger partial charge in [0.1, 0.15) is 4.32 Å². The predicted molar refractivity (Wildman–Crippen MR) is 43.5 cm³/mol. The second-order valence-corrected chi connectivity index (χ2v) is 2.49. The van der Waals surface area contributed by atoms with Crippen molar-refractivity contribution in [1.29, 1.82) is 0 Å². The molecule has 0 aliphatic carbocycles. The summed E-state index contributed by atoms with van der Waals surface area (Å²) < 4.78 is 0.556. The number of hydrogen-bond acceptors (Lipinski definition) is 2. The van der Waals surface area contributed by atoms with E-state index in [9.17, 15) is 0 Å². The molecular weight excluding hydrogens is 140 g/mol. The van der Waals surface area contributed by atoms with Crippen molar-refractivity contribution in [3.63, 3.8) is 0 Å². The molecule has 0 fully saturated rings. The van der Waals surface area contributed by atoms with E-state index >= 15 is 0 Å². The van der Waals surface area contributed by atoms with E-state index in [1.165, 1.54) is 0 Å². The van der Waals surface area contributed by atoms with Gasteiger partial charge in [-0.3, -0.25) is 0 Å². The lowest BCUT2D eigenvalue weighted by Crippen LogP contribution is -2.26. The highest BCUT2D eigenvalue weighted by Crippen LogP contribution is 1.73. The molecule has 0 aliphatic rings. The molecule has 8 heavy (non-hydrogen) atoms. The van der Waals surface area contributed by atoms with Crippen LogP contribution in [-0.4, -0.2) is 24.5 Å². The molecule has 0 aromatic rings. The minimum Gasteiger partial charge on any atom is -0.370 e. The first kappa shape index (κ1) is 8.20. The minimum absolute atomic E-state index is 0.556. The molecule has 0 rings (SSSR count). The van der Waals surface area contributed by atoms with Crippen LogP contribution in [0, 0.1) is 0 Å². The molecule has 0 aromatic heterocycles. The topological polar surface area (TPSA) is 24.1 Å². The molecule has 0 saturated heterocycles. The van der Waals surface area contributed by atoms with E-state index in [1.807, 2.05) is 7.05 Å². The summed E-state index contributed by atoms with van der Waals surface area (Å²) in [4.78, 5) is 0. The van der Waals surface area contributed by atoms with Crippen molar-refractivity contribution in [2.24, 2.45) is 0 Å². The summed E-state index contributed by atoms with van der Waals surface area (Å²) in [5.41, 5.74) is 0. The van der Waals surface area contributed by atoms with Gasteiger partial charge in [-0.15, -0.1) is 12.6 Å². The van der Waals surface area contributed by atoms with Crippen LogP contribution in [0.1, 0.15) is 0 Å². The number of hydrogen-bond donors (Lipinski definition) is 3. The highest BCUT2D eigenvalue weighted by molar-refractivity contribution is 8.11. The lowest BCUT2D eigenvalue weighted by atomic mass is 10.6. The van der Waals surface area contributed by atoms with Crippen molar-refractivity contribution >= 4 is 29.2 Å². The first-order valence-electron chi connectivity index (χ1n) is 2.38. The molecule has 0 saturated carbocycles. The number of thiocarbonyl (C=S) groups is 1. The fourth-order valence-electron chi connectivity index (χ4n) is 0.294. The number of thiol groups is 1. The number of likely N-dealkylation sites (N-methyl/N-ethyl adjacent to an activating group) is 1. The van der Waals surface area contributed by atoms with Gasteiger partial charge in [-0.25, -0.2) is 0 Å². The minimum atomic E-state index is 0.556. The second-order valence-electron chi connectivity index (χ2n) is 1.34. The molecule has 0 amide bonds. The first-order chi connectivity index (χ1) is 3.77. The monoisotopic (exact) mass is 150 g/mol. The zero-order valence-electron chi connectivity index (χ0n) is 4.77. The maximum Gasteiger partial charge on any atom is 0.130 e. The Morgan fingerprint density at radius 3 is 2.62 bits per heavy atom. The Kier molecular flexibility index (Phi) is 5.47. The van der Waals surface area contributed by atoms with Gasteiger partial charge in [0.15, 0.2) is 0 Å². The number of rotatable bonds is 3. The molecule has 2 N–H and O–H groups in total. The summed E-state index contributed by atoms with van der Waals surface area (Å²) in [6.45, 7) is 1.76. The lowest BCUT2D eigenvalue weighted by Gasteiger charge is -1.99. The zero-order valence-corrected chi connectivity index (χ0v) is 6.48. The maximum absolute atomic E-state index is 4.63. The third-order valence-electron chi connectivity index (χ3n) is 0.651.